The van der Waals surface area contributed by atoms with Crippen molar-refractivity contribution in [3.63, 3.8) is 0 Å². The Morgan fingerprint density at radius 3 is 2.90 bits per heavy atom. The van der Waals surface area contributed by atoms with Crippen molar-refractivity contribution >= 4 is 6.03 Å². The summed E-state index contributed by atoms with van der Waals surface area (Å²) in [7, 11) is 3.99. The average Bonchev–Trinajstić information content (AvgIpc) is 2.89. The third kappa shape index (κ3) is 4.63. The molecule has 1 aliphatic heterocycles. The number of rotatable bonds is 5. The van der Waals surface area contributed by atoms with E-state index in [1.165, 1.54) is 0 Å². The van der Waals surface area contributed by atoms with E-state index in [0.717, 1.165) is 30.8 Å². The van der Waals surface area contributed by atoms with Gasteiger partial charge in [-0.1, -0.05) is 18.2 Å². The zero-order chi connectivity index (χ0) is 15.2. The number of ether oxygens (including phenoxy) is 1. The lowest BCUT2D eigenvalue weighted by Gasteiger charge is -2.19. The van der Waals surface area contributed by atoms with Crippen molar-refractivity contribution in [3.05, 3.63) is 29.8 Å². The highest BCUT2D eigenvalue weighted by atomic mass is 16.5. The maximum absolute atomic E-state index is 12.0. The van der Waals surface area contributed by atoms with E-state index in [-0.39, 0.29) is 12.1 Å². The van der Waals surface area contributed by atoms with Crippen molar-refractivity contribution < 1.29 is 9.53 Å². The molecule has 2 amide bonds. The molecule has 0 radical (unpaired) electrons. The third-order valence-corrected chi connectivity index (χ3v) is 3.65. The highest BCUT2D eigenvalue weighted by Crippen LogP contribution is 2.21. The minimum atomic E-state index is 0.00716. The molecule has 0 aliphatic carbocycles. The zero-order valence-corrected chi connectivity index (χ0v) is 13.1. The summed E-state index contributed by atoms with van der Waals surface area (Å²) in [6, 6.07) is 8.00. The largest absolute Gasteiger partial charge is 0.488 e. The molecular weight excluding hydrogens is 266 g/mol. The number of amides is 2. The molecule has 1 heterocycles. The SMILES string of the molecule is Cc1ccccc1OC1CCN(C(=O)NCCN(C)C)C1. The van der Waals surface area contributed by atoms with Gasteiger partial charge in [0.2, 0.25) is 0 Å². The van der Waals surface area contributed by atoms with Crippen LogP contribution in [0.15, 0.2) is 24.3 Å². The fourth-order valence-corrected chi connectivity index (χ4v) is 2.38. The van der Waals surface area contributed by atoms with Crippen LogP contribution in [0.4, 0.5) is 4.79 Å². The number of carbonyl (C=O) groups excluding carboxylic acids is 1. The summed E-state index contributed by atoms with van der Waals surface area (Å²) in [5.74, 6) is 0.914. The number of nitrogens with one attached hydrogen (secondary N) is 1. The predicted octanol–water partition coefficient (Wildman–Crippen LogP) is 1.72. The first kappa shape index (κ1) is 15.6. The second kappa shape index (κ2) is 7.31. The molecule has 5 nitrogen and oxygen atoms in total. The van der Waals surface area contributed by atoms with Crippen LogP contribution in [-0.2, 0) is 0 Å². The summed E-state index contributed by atoms with van der Waals surface area (Å²) in [4.78, 5) is 15.9. The van der Waals surface area contributed by atoms with Gasteiger partial charge in [0.15, 0.2) is 0 Å². The van der Waals surface area contributed by atoms with E-state index in [2.05, 4.69) is 5.32 Å². The average molecular weight is 291 g/mol. The molecule has 0 aromatic heterocycles. The number of para-hydroxylation sites is 1. The Hall–Kier alpha value is -1.75. The van der Waals surface area contributed by atoms with Gasteiger partial charge in [-0.3, -0.25) is 0 Å². The molecule has 1 unspecified atom stereocenters. The van der Waals surface area contributed by atoms with Crippen molar-refractivity contribution in [1.29, 1.82) is 0 Å². The van der Waals surface area contributed by atoms with Gasteiger partial charge in [0.1, 0.15) is 11.9 Å². The minimum absolute atomic E-state index is 0.00716. The molecule has 1 aromatic carbocycles. The Balaban J connectivity index is 1.78. The van der Waals surface area contributed by atoms with Crippen molar-refractivity contribution in [1.82, 2.24) is 15.1 Å². The van der Waals surface area contributed by atoms with Gasteiger partial charge >= 0.3 is 6.03 Å². The quantitative estimate of drug-likeness (QED) is 0.898. The third-order valence-electron chi connectivity index (χ3n) is 3.65. The molecular formula is C16H25N3O2. The van der Waals surface area contributed by atoms with Crippen LogP contribution < -0.4 is 10.1 Å². The van der Waals surface area contributed by atoms with Gasteiger partial charge in [-0.25, -0.2) is 4.79 Å². The lowest BCUT2D eigenvalue weighted by atomic mass is 10.2. The van der Waals surface area contributed by atoms with Crippen LogP contribution in [0.5, 0.6) is 5.75 Å². The standard InChI is InChI=1S/C16H25N3O2/c1-13-6-4-5-7-15(13)21-14-8-10-19(12-14)16(20)17-9-11-18(2)3/h4-7,14H,8-12H2,1-3H3,(H,17,20). The number of urea groups is 1. The number of benzene rings is 1. The number of hydrogen-bond acceptors (Lipinski definition) is 3. The van der Waals surface area contributed by atoms with E-state index in [9.17, 15) is 4.79 Å². The summed E-state index contributed by atoms with van der Waals surface area (Å²) in [6.45, 7) is 4.97. The number of likely N-dealkylation sites (tertiary alicyclic amines) is 1. The fraction of sp³-hybridized carbons (Fsp3) is 0.562. The highest BCUT2D eigenvalue weighted by Gasteiger charge is 2.27. The number of carbonyl (C=O) groups is 1. The predicted molar refractivity (Wildman–Crippen MR) is 83.7 cm³/mol. The first-order chi connectivity index (χ1) is 10.1. The maximum Gasteiger partial charge on any atom is 0.317 e. The van der Waals surface area contributed by atoms with Crippen LogP contribution in [0.25, 0.3) is 0 Å². The summed E-state index contributed by atoms with van der Waals surface area (Å²) in [5, 5.41) is 2.94. The Labute approximate surface area is 126 Å². The van der Waals surface area contributed by atoms with Crippen LogP contribution in [0.2, 0.25) is 0 Å². The normalized spacial score (nSPS) is 18.1. The van der Waals surface area contributed by atoms with Gasteiger partial charge in [0.05, 0.1) is 6.54 Å². The molecule has 1 saturated heterocycles. The smallest absolute Gasteiger partial charge is 0.317 e. The summed E-state index contributed by atoms with van der Waals surface area (Å²) < 4.78 is 6.00. The number of hydrogen-bond donors (Lipinski definition) is 1. The maximum atomic E-state index is 12.0. The molecule has 1 aliphatic rings. The van der Waals surface area contributed by atoms with Crippen LogP contribution in [0.1, 0.15) is 12.0 Å². The van der Waals surface area contributed by atoms with E-state index in [0.29, 0.717) is 13.1 Å². The summed E-state index contributed by atoms with van der Waals surface area (Å²) >= 11 is 0. The van der Waals surface area contributed by atoms with Gasteiger partial charge in [-0.15, -0.1) is 0 Å². The first-order valence-electron chi connectivity index (χ1n) is 7.46. The first-order valence-corrected chi connectivity index (χ1v) is 7.46. The molecule has 0 bridgehead atoms. The van der Waals surface area contributed by atoms with Gasteiger partial charge in [-0.2, -0.15) is 0 Å². The van der Waals surface area contributed by atoms with Crippen molar-refractivity contribution in [3.8, 4) is 5.75 Å². The Kier molecular flexibility index (Phi) is 5.44. The molecule has 21 heavy (non-hydrogen) atoms. The number of aryl methyl sites for hydroxylation is 1. The van der Waals surface area contributed by atoms with Crippen molar-refractivity contribution in [2.24, 2.45) is 0 Å². The summed E-state index contributed by atoms with van der Waals surface area (Å²) in [5.41, 5.74) is 1.13. The van der Waals surface area contributed by atoms with E-state index >= 15 is 0 Å². The molecule has 1 aromatic rings. The van der Waals surface area contributed by atoms with Gasteiger partial charge in [-0.05, 0) is 32.6 Å². The van der Waals surface area contributed by atoms with Crippen LogP contribution in [0, 0.1) is 6.92 Å². The molecule has 1 N–H and O–H groups in total. The van der Waals surface area contributed by atoms with Crippen molar-refractivity contribution in [2.45, 2.75) is 19.4 Å². The lowest BCUT2D eigenvalue weighted by molar-refractivity contribution is 0.186. The Morgan fingerprint density at radius 1 is 1.43 bits per heavy atom. The number of nitrogens with zero attached hydrogens (tertiary/aromatic N) is 2. The van der Waals surface area contributed by atoms with Crippen LogP contribution in [-0.4, -0.2) is 62.2 Å². The van der Waals surface area contributed by atoms with Gasteiger partial charge < -0.3 is 19.9 Å². The van der Waals surface area contributed by atoms with E-state index < -0.39 is 0 Å². The molecule has 1 atom stereocenters. The topological polar surface area (TPSA) is 44.8 Å². The second-order valence-electron chi connectivity index (χ2n) is 5.78. The van der Waals surface area contributed by atoms with Crippen LogP contribution >= 0.6 is 0 Å². The minimum Gasteiger partial charge on any atom is -0.488 e. The molecule has 1 fully saturated rings. The summed E-state index contributed by atoms with van der Waals surface area (Å²) in [6.07, 6.45) is 0.973. The monoisotopic (exact) mass is 291 g/mol. The van der Waals surface area contributed by atoms with Gasteiger partial charge in [0.25, 0.3) is 0 Å². The van der Waals surface area contributed by atoms with E-state index in [4.69, 9.17) is 4.74 Å². The van der Waals surface area contributed by atoms with Crippen LogP contribution in [0.3, 0.4) is 0 Å². The van der Waals surface area contributed by atoms with E-state index in [1.807, 2.05) is 55.1 Å². The highest BCUT2D eigenvalue weighted by molar-refractivity contribution is 5.74. The second-order valence-corrected chi connectivity index (χ2v) is 5.78. The fourth-order valence-electron chi connectivity index (χ4n) is 2.38. The molecule has 5 heteroatoms. The molecule has 116 valence electrons. The van der Waals surface area contributed by atoms with Gasteiger partial charge in [0, 0.05) is 26.1 Å². The number of likely N-dealkylation sites (N-methyl/N-ethyl adjacent to an activating group) is 1. The Bertz CT molecular complexity index is 476. The lowest BCUT2D eigenvalue weighted by Crippen LogP contribution is -2.41. The Morgan fingerprint density at radius 2 is 2.19 bits per heavy atom. The van der Waals surface area contributed by atoms with Crippen molar-refractivity contribution in [2.75, 3.05) is 40.3 Å². The molecule has 2 rings (SSSR count). The molecule has 0 saturated carbocycles. The zero-order valence-electron chi connectivity index (χ0n) is 13.1. The molecule has 0 spiro atoms. The van der Waals surface area contributed by atoms with E-state index in [1.54, 1.807) is 0 Å².